The van der Waals surface area contributed by atoms with Crippen molar-refractivity contribution >= 4 is 5.91 Å². The number of aryl methyl sites for hydroxylation is 1. The predicted octanol–water partition coefficient (Wildman–Crippen LogP) is 3.53. The van der Waals surface area contributed by atoms with Crippen LogP contribution in [0.25, 0.3) is 0 Å². The maximum absolute atomic E-state index is 12.8. The molecule has 4 heteroatoms. The topological polar surface area (TPSA) is 38.3 Å². The van der Waals surface area contributed by atoms with Crippen molar-refractivity contribution in [3.05, 3.63) is 65.0 Å². The van der Waals surface area contributed by atoms with E-state index in [1.807, 2.05) is 32.0 Å². The van der Waals surface area contributed by atoms with Crippen molar-refractivity contribution in [2.75, 3.05) is 0 Å². The molecule has 0 bridgehead atoms. The van der Waals surface area contributed by atoms with Gasteiger partial charge in [-0.2, -0.15) is 0 Å². The summed E-state index contributed by atoms with van der Waals surface area (Å²) >= 11 is 0. The lowest BCUT2D eigenvalue weighted by molar-refractivity contribution is -0.127. The first-order valence-electron chi connectivity index (χ1n) is 7.22. The molecule has 0 heterocycles. The molecule has 0 radical (unpaired) electrons. The van der Waals surface area contributed by atoms with Crippen LogP contribution in [0.3, 0.4) is 0 Å². The van der Waals surface area contributed by atoms with Gasteiger partial charge in [-0.05, 0) is 55.7 Å². The van der Waals surface area contributed by atoms with E-state index in [4.69, 9.17) is 4.74 Å². The molecule has 0 aliphatic rings. The summed E-state index contributed by atoms with van der Waals surface area (Å²) in [6.07, 6.45) is -0.596. The van der Waals surface area contributed by atoms with Gasteiger partial charge in [0.2, 0.25) is 0 Å². The molecular formula is C18H20FNO2. The molecule has 0 fully saturated rings. The zero-order valence-electron chi connectivity index (χ0n) is 13.0. The monoisotopic (exact) mass is 301 g/mol. The van der Waals surface area contributed by atoms with Crippen LogP contribution >= 0.6 is 0 Å². The lowest BCUT2D eigenvalue weighted by atomic mass is 10.1. The highest BCUT2D eigenvalue weighted by atomic mass is 19.1. The van der Waals surface area contributed by atoms with Gasteiger partial charge in [0.25, 0.3) is 5.91 Å². The molecule has 3 nitrogen and oxygen atoms in total. The van der Waals surface area contributed by atoms with Crippen molar-refractivity contribution in [2.24, 2.45) is 0 Å². The fraction of sp³-hybridized carbons (Fsp3) is 0.278. The minimum absolute atomic E-state index is 0.203. The quantitative estimate of drug-likeness (QED) is 0.917. The van der Waals surface area contributed by atoms with Crippen LogP contribution in [0.2, 0.25) is 0 Å². The lowest BCUT2D eigenvalue weighted by Crippen LogP contribution is -2.36. The Morgan fingerprint density at radius 2 is 1.86 bits per heavy atom. The van der Waals surface area contributed by atoms with Crippen LogP contribution in [-0.2, 0) is 11.3 Å². The summed E-state index contributed by atoms with van der Waals surface area (Å²) in [6.45, 7) is 6.02. The third kappa shape index (κ3) is 4.07. The molecule has 0 saturated heterocycles. The van der Waals surface area contributed by atoms with Gasteiger partial charge in [0.15, 0.2) is 6.10 Å². The number of carbonyl (C=O) groups is 1. The lowest BCUT2D eigenvalue weighted by Gasteiger charge is -2.17. The van der Waals surface area contributed by atoms with E-state index in [0.29, 0.717) is 12.3 Å². The Morgan fingerprint density at radius 1 is 1.18 bits per heavy atom. The number of nitrogens with one attached hydrogen (secondary N) is 1. The minimum Gasteiger partial charge on any atom is -0.481 e. The second-order valence-electron chi connectivity index (χ2n) is 5.30. The van der Waals surface area contributed by atoms with Crippen LogP contribution in [0.1, 0.15) is 23.6 Å². The highest BCUT2D eigenvalue weighted by Gasteiger charge is 2.15. The number of ether oxygens (including phenoxy) is 1. The smallest absolute Gasteiger partial charge is 0.261 e. The second-order valence-corrected chi connectivity index (χ2v) is 5.30. The molecule has 2 aromatic carbocycles. The van der Waals surface area contributed by atoms with Gasteiger partial charge < -0.3 is 10.1 Å². The van der Waals surface area contributed by atoms with Crippen molar-refractivity contribution in [1.82, 2.24) is 5.32 Å². The Hall–Kier alpha value is -2.36. The number of hydrogen-bond donors (Lipinski definition) is 1. The normalized spacial score (nSPS) is 11.8. The molecule has 116 valence electrons. The molecule has 0 aromatic heterocycles. The van der Waals surface area contributed by atoms with E-state index >= 15 is 0 Å². The number of halogens is 1. The van der Waals surface area contributed by atoms with Gasteiger partial charge in [-0.1, -0.05) is 24.3 Å². The standard InChI is InChI=1S/C18H20FNO2/c1-12-5-4-6-17(13(12)2)22-14(3)18(21)20-11-15-7-9-16(19)10-8-15/h4-10,14H,11H2,1-3H3,(H,20,21)/t14-/m1/s1. The van der Waals surface area contributed by atoms with Crippen LogP contribution in [0, 0.1) is 19.7 Å². The number of amides is 1. The Morgan fingerprint density at radius 3 is 2.55 bits per heavy atom. The molecule has 1 amide bonds. The zero-order chi connectivity index (χ0) is 16.1. The van der Waals surface area contributed by atoms with E-state index < -0.39 is 6.10 Å². The fourth-order valence-electron chi connectivity index (χ4n) is 2.03. The van der Waals surface area contributed by atoms with E-state index in [9.17, 15) is 9.18 Å². The molecular weight excluding hydrogens is 281 g/mol. The molecule has 1 atom stereocenters. The Labute approximate surface area is 130 Å². The van der Waals surface area contributed by atoms with Crippen LogP contribution in [-0.4, -0.2) is 12.0 Å². The largest absolute Gasteiger partial charge is 0.481 e. The first-order chi connectivity index (χ1) is 10.5. The average molecular weight is 301 g/mol. The van der Waals surface area contributed by atoms with Crippen molar-refractivity contribution in [1.29, 1.82) is 0 Å². The number of benzene rings is 2. The highest BCUT2D eigenvalue weighted by Crippen LogP contribution is 2.21. The molecule has 2 rings (SSSR count). The summed E-state index contributed by atoms with van der Waals surface area (Å²) in [5, 5.41) is 2.79. The maximum Gasteiger partial charge on any atom is 0.261 e. The third-order valence-corrected chi connectivity index (χ3v) is 3.61. The molecule has 22 heavy (non-hydrogen) atoms. The molecule has 0 aliphatic carbocycles. The Kier molecular flexibility index (Phi) is 5.15. The van der Waals surface area contributed by atoms with Gasteiger partial charge in [0.05, 0.1) is 0 Å². The number of hydrogen-bond acceptors (Lipinski definition) is 2. The third-order valence-electron chi connectivity index (χ3n) is 3.61. The fourth-order valence-corrected chi connectivity index (χ4v) is 2.03. The van der Waals surface area contributed by atoms with Crippen molar-refractivity contribution < 1.29 is 13.9 Å². The van der Waals surface area contributed by atoms with E-state index in [0.717, 1.165) is 16.7 Å². The summed E-state index contributed by atoms with van der Waals surface area (Å²) < 4.78 is 18.5. The molecule has 1 N–H and O–H groups in total. The van der Waals surface area contributed by atoms with Gasteiger partial charge in [0, 0.05) is 6.54 Å². The molecule has 0 spiro atoms. The first kappa shape index (κ1) is 16.0. The molecule has 2 aromatic rings. The van der Waals surface area contributed by atoms with Crippen molar-refractivity contribution in [3.63, 3.8) is 0 Å². The van der Waals surface area contributed by atoms with Crippen LogP contribution in [0.15, 0.2) is 42.5 Å². The van der Waals surface area contributed by atoms with E-state index in [-0.39, 0.29) is 11.7 Å². The van der Waals surface area contributed by atoms with Crippen LogP contribution in [0.5, 0.6) is 5.75 Å². The van der Waals surface area contributed by atoms with Crippen LogP contribution in [0.4, 0.5) is 4.39 Å². The Bertz CT molecular complexity index is 653. The summed E-state index contributed by atoms with van der Waals surface area (Å²) in [4.78, 5) is 12.1. The Balaban J connectivity index is 1.92. The van der Waals surface area contributed by atoms with Crippen molar-refractivity contribution in [2.45, 2.75) is 33.4 Å². The van der Waals surface area contributed by atoms with Gasteiger partial charge in [-0.3, -0.25) is 4.79 Å². The first-order valence-corrected chi connectivity index (χ1v) is 7.22. The van der Waals surface area contributed by atoms with Gasteiger partial charge in [-0.15, -0.1) is 0 Å². The predicted molar refractivity (Wildman–Crippen MR) is 84.3 cm³/mol. The van der Waals surface area contributed by atoms with Crippen LogP contribution < -0.4 is 10.1 Å². The summed E-state index contributed by atoms with van der Waals surface area (Å²) in [5.41, 5.74) is 2.99. The van der Waals surface area contributed by atoms with Gasteiger partial charge in [0.1, 0.15) is 11.6 Å². The number of rotatable bonds is 5. The van der Waals surface area contributed by atoms with Gasteiger partial charge in [-0.25, -0.2) is 4.39 Å². The van der Waals surface area contributed by atoms with Gasteiger partial charge >= 0.3 is 0 Å². The highest BCUT2D eigenvalue weighted by molar-refractivity contribution is 5.80. The van der Waals surface area contributed by atoms with E-state index in [1.54, 1.807) is 19.1 Å². The van der Waals surface area contributed by atoms with Crippen molar-refractivity contribution in [3.8, 4) is 5.75 Å². The molecule has 0 unspecified atom stereocenters. The SMILES string of the molecule is Cc1cccc(O[C@H](C)C(=O)NCc2ccc(F)cc2)c1C. The number of carbonyl (C=O) groups excluding carboxylic acids is 1. The summed E-state index contributed by atoms with van der Waals surface area (Å²) in [5.74, 6) is 0.219. The second kappa shape index (κ2) is 7.07. The summed E-state index contributed by atoms with van der Waals surface area (Å²) in [7, 11) is 0. The minimum atomic E-state index is -0.596. The zero-order valence-corrected chi connectivity index (χ0v) is 13.0. The maximum atomic E-state index is 12.8. The van der Waals surface area contributed by atoms with E-state index in [2.05, 4.69) is 5.32 Å². The summed E-state index contributed by atoms with van der Waals surface area (Å²) in [6, 6.07) is 11.8. The van der Waals surface area contributed by atoms with E-state index in [1.165, 1.54) is 12.1 Å². The average Bonchev–Trinajstić information content (AvgIpc) is 2.51. The molecule has 0 aliphatic heterocycles. The molecule has 0 saturated carbocycles.